The van der Waals surface area contributed by atoms with Gasteiger partial charge in [-0.1, -0.05) is 29.8 Å². The van der Waals surface area contributed by atoms with Crippen molar-refractivity contribution in [1.29, 1.82) is 0 Å². The van der Waals surface area contributed by atoms with Gasteiger partial charge in [0.15, 0.2) is 0 Å². The number of carboxylic acid groups (broad SMARTS) is 1. The first-order valence-electron chi connectivity index (χ1n) is 5.70. The summed E-state index contributed by atoms with van der Waals surface area (Å²) in [6, 6.07) is 11.0. The van der Waals surface area contributed by atoms with Crippen LogP contribution in [0, 0.1) is 6.92 Å². The molecule has 96 valence electrons. The van der Waals surface area contributed by atoms with Crippen molar-refractivity contribution in [3.8, 4) is 0 Å². The van der Waals surface area contributed by atoms with Gasteiger partial charge in [0.2, 0.25) is 0 Å². The third-order valence-corrected chi connectivity index (χ3v) is 2.48. The van der Waals surface area contributed by atoms with Crippen LogP contribution in [-0.4, -0.2) is 22.3 Å². The highest BCUT2D eigenvalue weighted by atomic mass is 16.4. The van der Waals surface area contributed by atoms with E-state index in [4.69, 9.17) is 5.11 Å². The summed E-state index contributed by atoms with van der Waals surface area (Å²) in [5.41, 5.74) is 5.05. The number of benzene rings is 1. The van der Waals surface area contributed by atoms with Gasteiger partial charge >= 0.3 is 5.97 Å². The fourth-order valence-electron chi connectivity index (χ4n) is 1.41. The number of hydrogen-bond acceptors (Lipinski definition) is 4. The molecule has 5 nitrogen and oxygen atoms in total. The van der Waals surface area contributed by atoms with Crippen LogP contribution >= 0.6 is 0 Å². The molecule has 0 atom stereocenters. The Balaban J connectivity index is 1.98. The maximum Gasteiger partial charge on any atom is 0.337 e. The summed E-state index contributed by atoms with van der Waals surface area (Å²) < 4.78 is 0. The molecule has 1 heterocycles. The van der Waals surface area contributed by atoms with Gasteiger partial charge in [-0.15, -0.1) is 0 Å². The summed E-state index contributed by atoms with van der Waals surface area (Å²) in [6.07, 6.45) is 2.96. The Morgan fingerprint density at radius 3 is 2.58 bits per heavy atom. The molecule has 19 heavy (non-hydrogen) atoms. The topological polar surface area (TPSA) is 74.6 Å². The highest BCUT2D eigenvalue weighted by Gasteiger charge is 2.01. The molecule has 0 saturated heterocycles. The van der Waals surface area contributed by atoms with Gasteiger partial charge in [0.1, 0.15) is 5.82 Å². The number of nitrogens with zero attached hydrogens (tertiary/aromatic N) is 2. The molecule has 1 aromatic heterocycles. The minimum Gasteiger partial charge on any atom is -0.478 e. The van der Waals surface area contributed by atoms with E-state index < -0.39 is 5.97 Å². The highest BCUT2D eigenvalue weighted by molar-refractivity contribution is 5.87. The Labute approximate surface area is 110 Å². The van der Waals surface area contributed by atoms with Crippen molar-refractivity contribution >= 4 is 18.0 Å². The number of rotatable bonds is 4. The second kappa shape index (κ2) is 5.77. The first-order valence-corrected chi connectivity index (χ1v) is 5.70. The zero-order valence-corrected chi connectivity index (χ0v) is 10.4. The van der Waals surface area contributed by atoms with Gasteiger partial charge in [0, 0.05) is 6.20 Å². The van der Waals surface area contributed by atoms with Crippen molar-refractivity contribution in [3.63, 3.8) is 0 Å². The fraction of sp³-hybridized carbons (Fsp3) is 0.0714. The predicted molar refractivity (Wildman–Crippen MR) is 73.6 cm³/mol. The normalized spacial score (nSPS) is 10.6. The number of aromatic carboxylic acids is 1. The average Bonchev–Trinajstić information content (AvgIpc) is 2.41. The highest BCUT2D eigenvalue weighted by Crippen LogP contribution is 2.05. The fourth-order valence-corrected chi connectivity index (χ4v) is 1.41. The van der Waals surface area contributed by atoms with Gasteiger partial charge in [0.25, 0.3) is 0 Å². The van der Waals surface area contributed by atoms with Crippen molar-refractivity contribution in [2.75, 3.05) is 5.43 Å². The Bertz CT molecular complexity index is 589. The summed E-state index contributed by atoms with van der Waals surface area (Å²) in [5, 5.41) is 12.8. The number of carboxylic acids is 1. The zero-order valence-electron chi connectivity index (χ0n) is 10.4. The summed E-state index contributed by atoms with van der Waals surface area (Å²) >= 11 is 0. The molecule has 2 rings (SSSR count). The van der Waals surface area contributed by atoms with E-state index in [0.717, 1.165) is 5.56 Å². The van der Waals surface area contributed by atoms with Gasteiger partial charge in [-0.2, -0.15) is 5.10 Å². The van der Waals surface area contributed by atoms with E-state index in [1.165, 1.54) is 17.8 Å². The van der Waals surface area contributed by atoms with E-state index in [1.54, 1.807) is 12.3 Å². The number of hydrogen-bond donors (Lipinski definition) is 2. The predicted octanol–water partition coefficient (Wildman–Crippen LogP) is 2.53. The average molecular weight is 255 g/mol. The molecule has 0 radical (unpaired) electrons. The first kappa shape index (κ1) is 12.8. The van der Waals surface area contributed by atoms with Gasteiger partial charge in [-0.25, -0.2) is 9.78 Å². The van der Waals surface area contributed by atoms with Crippen molar-refractivity contribution in [1.82, 2.24) is 4.98 Å². The van der Waals surface area contributed by atoms with Crippen LogP contribution in [0.4, 0.5) is 5.82 Å². The van der Waals surface area contributed by atoms with Crippen molar-refractivity contribution in [2.24, 2.45) is 5.10 Å². The molecule has 1 aromatic carbocycles. The Kier molecular flexibility index (Phi) is 3.87. The maximum absolute atomic E-state index is 10.6. The molecule has 0 unspecified atom stereocenters. The second-order valence-corrected chi connectivity index (χ2v) is 4.02. The Morgan fingerprint density at radius 1 is 1.26 bits per heavy atom. The lowest BCUT2D eigenvalue weighted by molar-refractivity contribution is 0.0696. The van der Waals surface area contributed by atoms with Gasteiger partial charge in [0.05, 0.1) is 11.8 Å². The van der Waals surface area contributed by atoms with Crippen LogP contribution in [0.15, 0.2) is 47.7 Å². The molecule has 0 spiro atoms. The van der Waals surface area contributed by atoms with Crippen LogP contribution in [-0.2, 0) is 0 Å². The number of anilines is 1. The number of aryl methyl sites for hydroxylation is 1. The summed E-state index contributed by atoms with van der Waals surface area (Å²) in [6.45, 7) is 2.02. The van der Waals surface area contributed by atoms with Crippen molar-refractivity contribution in [3.05, 3.63) is 59.3 Å². The maximum atomic E-state index is 10.6. The molecular weight excluding hydrogens is 242 g/mol. The summed E-state index contributed by atoms with van der Waals surface area (Å²) in [7, 11) is 0. The quantitative estimate of drug-likeness (QED) is 0.650. The van der Waals surface area contributed by atoms with Gasteiger partial charge in [-0.05, 0) is 24.6 Å². The lowest BCUT2D eigenvalue weighted by atomic mass is 10.2. The molecule has 0 amide bonds. The second-order valence-electron chi connectivity index (χ2n) is 4.02. The lowest BCUT2D eigenvalue weighted by Gasteiger charge is -1.99. The number of nitrogens with one attached hydrogen (secondary N) is 1. The smallest absolute Gasteiger partial charge is 0.337 e. The van der Waals surface area contributed by atoms with Crippen LogP contribution in [0.5, 0.6) is 0 Å². The van der Waals surface area contributed by atoms with Crippen LogP contribution in [0.1, 0.15) is 21.5 Å². The van der Waals surface area contributed by atoms with Gasteiger partial charge < -0.3 is 5.11 Å². The van der Waals surface area contributed by atoms with Crippen LogP contribution in [0.25, 0.3) is 0 Å². The largest absolute Gasteiger partial charge is 0.478 e. The molecule has 2 N–H and O–H groups in total. The van der Waals surface area contributed by atoms with Crippen molar-refractivity contribution < 1.29 is 9.90 Å². The number of pyridine rings is 1. The van der Waals surface area contributed by atoms with E-state index in [1.807, 2.05) is 31.2 Å². The molecule has 0 aliphatic carbocycles. The van der Waals surface area contributed by atoms with Crippen molar-refractivity contribution in [2.45, 2.75) is 6.92 Å². The molecule has 0 bridgehead atoms. The zero-order chi connectivity index (χ0) is 13.7. The first-order chi connectivity index (χ1) is 9.15. The molecule has 2 aromatic rings. The number of hydrazone groups is 1. The molecule has 5 heteroatoms. The van der Waals surface area contributed by atoms with Crippen LogP contribution < -0.4 is 5.43 Å². The molecule has 0 aliphatic rings. The van der Waals surface area contributed by atoms with E-state index in [2.05, 4.69) is 15.5 Å². The molecule has 0 aliphatic heterocycles. The lowest BCUT2D eigenvalue weighted by Crippen LogP contribution is -1.99. The van der Waals surface area contributed by atoms with E-state index in [9.17, 15) is 4.79 Å². The monoisotopic (exact) mass is 255 g/mol. The SMILES string of the molecule is Cc1ccc(/C=N\Nc2ccc(C(=O)O)cn2)cc1. The minimum absolute atomic E-state index is 0.146. The van der Waals surface area contributed by atoms with E-state index in [-0.39, 0.29) is 5.56 Å². The van der Waals surface area contributed by atoms with Crippen LogP contribution in [0.3, 0.4) is 0 Å². The van der Waals surface area contributed by atoms with E-state index in [0.29, 0.717) is 5.82 Å². The minimum atomic E-state index is -0.998. The number of carbonyl (C=O) groups is 1. The summed E-state index contributed by atoms with van der Waals surface area (Å²) in [4.78, 5) is 14.6. The molecular formula is C14H13N3O2. The Hall–Kier alpha value is -2.69. The molecule has 0 fully saturated rings. The third kappa shape index (κ3) is 3.64. The Morgan fingerprint density at radius 2 is 2.00 bits per heavy atom. The van der Waals surface area contributed by atoms with Crippen LogP contribution in [0.2, 0.25) is 0 Å². The number of aromatic nitrogens is 1. The van der Waals surface area contributed by atoms with E-state index >= 15 is 0 Å². The van der Waals surface area contributed by atoms with Gasteiger partial charge in [-0.3, -0.25) is 5.43 Å². The molecule has 0 saturated carbocycles. The summed E-state index contributed by atoms with van der Waals surface area (Å²) in [5.74, 6) is -0.504. The third-order valence-electron chi connectivity index (χ3n) is 2.48. The standard InChI is InChI=1S/C14H13N3O2/c1-10-2-4-11(5-3-10)8-16-17-13-7-6-12(9-15-13)14(18)19/h2-9H,1H3,(H,15,17)(H,18,19)/b16-8-.